The van der Waals surface area contributed by atoms with Crippen LogP contribution in [0, 0.1) is 6.92 Å². The van der Waals surface area contributed by atoms with Gasteiger partial charge in [-0.05, 0) is 45.0 Å². The van der Waals surface area contributed by atoms with E-state index in [9.17, 15) is 0 Å². The van der Waals surface area contributed by atoms with Gasteiger partial charge in [0.05, 0.1) is 12.6 Å². The number of nitrogens with zero attached hydrogens (tertiary/aromatic N) is 2. The Morgan fingerprint density at radius 2 is 2.05 bits per heavy atom. The summed E-state index contributed by atoms with van der Waals surface area (Å²) in [5.41, 5.74) is 7.75. The third-order valence-electron chi connectivity index (χ3n) is 2.55. The van der Waals surface area contributed by atoms with Crippen LogP contribution in [-0.4, -0.2) is 17.0 Å². The number of guanidine groups is 1. The van der Waals surface area contributed by atoms with E-state index in [4.69, 9.17) is 10.5 Å². The second-order valence-electron chi connectivity index (χ2n) is 4.90. The number of benzene rings is 1. The molecule has 2 rings (SSSR count). The average molecular weight is 432 g/mol. The predicted octanol–water partition coefficient (Wildman–Crippen LogP) is 3.78. The van der Waals surface area contributed by atoms with Gasteiger partial charge in [-0.25, -0.2) is 9.98 Å². The van der Waals surface area contributed by atoms with Crippen LogP contribution in [0.15, 0.2) is 34.6 Å². The molecule has 120 valence electrons. The summed E-state index contributed by atoms with van der Waals surface area (Å²) >= 11 is 1.59. The highest BCUT2D eigenvalue weighted by Crippen LogP contribution is 2.16. The minimum atomic E-state index is 0. The van der Waals surface area contributed by atoms with Crippen molar-refractivity contribution < 1.29 is 4.74 Å². The van der Waals surface area contributed by atoms with E-state index in [2.05, 4.69) is 15.3 Å². The van der Waals surface area contributed by atoms with E-state index in [1.807, 2.05) is 50.4 Å². The highest BCUT2D eigenvalue weighted by molar-refractivity contribution is 14.0. The first-order valence-corrected chi connectivity index (χ1v) is 7.65. The molecule has 0 unspecified atom stereocenters. The molecule has 0 amide bonds. The van der Waals surface area contributed by atoms with Crippen molar-refractivity contribution in [2.45, 2.75) is 33.4 Å². The number of ether oxygens (including phenoxy) is 1. The third-order valence-corrected chi connectivity index (χ3v) is 3.50. The van der Waals surface area contributed by atoms with Gasteiger partial charge in [0.25, 0.3) is 0 Å². The molecule has 7 heteroatoms. The number of halogens is 1. The molecule has 0 saturated heterocycles. The lowest BCUT2D eigenvalue weighted by Crippen LogP contribution is -2.22. The Morgan fingerprint density at radius 1 is 1.36 bits per heavy atom. The summed E-state index contributed by atoms with van der Waals surface area (Å²) < 4.78 is 5.59. The number of anilines is 1. The van der Waals surface area contributed by atoms with Gasteiger partial charge in [0.15, 0.2) is 5.96 Å². The van der Waals surface area contributed by atoms with Crippen LogP contribution in [0.25, 0.3) is 0 Å². The molecular weight excluding hydrogens is 411 g/mol. The van der Waals surface area contributed by atoms with Crippen molar-refractivity contribution in [2.75, 3.05) is 5.32 Å². The molecule has 0 atom stereocenters. The smallest absolute Gasteiger partial charge is 0.193 e. The number of thiazole rings is 1. The zero-order valence-corrected chi connectivity index (χ0v) is 16.0. The van der Waals surface area contributed by atoms with Gasteiger partial charge in [0.2, 0.25) is 0 Å². The minimum absolute atomic E-state index is 0. The molecular formula is C15H21IN4OS. The molecule has 0 aliphatic rings. The van der Waals surface area contributed by atoms with Crippen LogP contribution in [0.3, 0.4) is 0 Å². The molecule has 0 fully saturated rings. The van der Waals surface area contributed by atoms with Gasteiger partial charge >= 0.3 is 0 Å². The number of nitrogens with one attached hydrogen (secondary N) is 1. The zero-order valence-electron chi connectivity index (χ0n) is 12.9. The van der Waals surface area contributed by atoms with E-state index in [-0.39, 0.29) is 30.1 Å². The molecule has 0 aliphatic heterocycles. The van der Waals surface area contributed by atoms with Gasteiger partial charge in [-0.3, -0.25) is 0 Å². The van der Waals surface area contributed by atoms with Crippen LogP contribution in [0.4, 0.5) is 5.69 Å². The van der Waals surface area contributed by atoms with E-state index in [0.29, 0.717) is 12.5 Å². The highest BCUT2D eigenvalue weighted by Gasteiger charge is 2.00. The van der Waals surface area contributed by atoms with Crippen molar-refractivity contribution in [1.82, 2.24) is 4.98 Å². The highest BCUT2D eigenvalue weighted by atomic mass is 127. The summed E-state index contributed by atoms with van der Waals surface area (Å²) in [5.74, 6) is 1.21. The third kappa shape index (κ3) is 6.18. The van der Waals surface area contributed by atoms with E-state index >= 15 is 0 Å². The largest absolute Gasteiger partial charge is 0.491 e. The molecule has 1 heterocycles. The number of aryl methyl sites for hydroxylation is 1. The number of aliphatic imine (C=N–C) groups is 1. The van der Waals surface area contributed by atoms with Gasteiger partial charge in [-0.1, -0.05) is 0 Å². The summed E-state index contributed by atoms with van der Waals surface area (Å²) in [5, 5.41) is 6.01. The number of aromatic nitrogens is 1. The Kier molecular flexibility index (Phi) is 7.60. The van der Waals surface area contributed by atoms with Crippen LogP contribution in [-0.2, 0) is 6.54 Å². The van der Waals surface area contributed by atoms with E-state index < -0.39 is 0 Å². The summed E-state index contributed by atoms with van der Waals surface area (Å²) in [6.07, 6.45) is 0.164. The molecule has 1 aromatic heterocycles. The standard InChI is InChI=1S/C15H20N4OS.HI/c1-10(2)20-13-6-4-12(5-7-13)19-15(16)17-8-14-18-11(3)9-21-14;/h4-7,9-10H,8H2,1-3H3,(H3,16,17,19);1H. The molecule has 0 saturated carbocycles. The SMILES string of the molecule is Cc1csc(CN=C(N)Nc2ccc(OC(C)C)cc2)n1.I. The number of hydrogen-bond acceptors (Lipinski definition) is 4. The van der Waals surface area contributed by atoms with Crippen LogP contribution in [0.1, 0.15) is 24.5 Å². The van der Waals surface area contributed by atoms with Gasteiger partial charge in [-0.15, -0.1) is 35.3 Å². The fourth-order valence-corrected chi connectivity index (χ4v) is 2.40. The van der Waals surface area contributed by atoms with Gasteiger partial charge in [0.1, 0.15) is 10.8 Å². The summed E-state index contributed by atoms with van der Waals surface area (Å²) in [6.45, 7) is 6.45. The van der Waals surface area contributed by atoms with Gasteiger partial charge in [-0.2, -0.15) is 0 Å². The first-order valence-electron chi connectivity index (χ1n) is 6.77. The van der Waals surface area contributed by atoms with E-state index in [1.165, 1.54) is 0 Å². The maximum Gasteiger partial charge on any atom is 0.193 e. The summed E-state index contributed by atoms with van der Waals surface area (Å²) in [6, 6.07) is 7.63. The Balaban J connectivity index is 0.00000242. The van der Waals surface area contributed by atoms with Crippen molar-refractivity contribution in [1.29, 1.82) is 0 Å². The molecule has 3 N–H and O–H groups in total. The maximum atomic E-state index is 5.86. The average Bonchev–Trinajstić information content (AvgIpc) is 2.84. The number of rotatable bonds is 5. The second-order valence-corrected chi connectivity index (χ2v) is 5.84. The molecule has 5 nitrogen and oxygen atoms in total. The van der Waals surface area contributed by atoms with Crippen molar-refractivity contribution in [3.63, 3.8) is 0 Å². The lowest BCUT2D eigenvalue weighted by molar-refractivity contribution is 0.242. The fraction of sp³-hybridized carbons (Fsp3) is 0.333. The Hall–Kier alpha value is -1.35. The first-order chi connectivity index (χ1) is 10.0. The van der Waals surface area contributed by atoms with E-state index in [1.54, 1.807) is 11.3 Å². The lowest BCUT2D eigenvalue weighted by Gasteiger charge is -2.10. The summed E-state index contributed by atoms with van der Waals surface area (Å²) in [7, 11) is 0. The van der Waals surface area contributed by atoms with Gasteiger partial charge < -0.3 is 15.8 Å². The normalized spacial score (nSPS) is 11.2. The minimum Gasteiger partial charge on any atom is -0.491 e. The Morgan fingerprint density at radius 3 is 2.59 bits per heavy atom. The predicted molar refractivity (Wildman–Crippen MR) is 103 cm³/mol. The topological polar surface area (TPSA) is 72.5 Å². The number of hydrogen-bond donors (Lipinski definition) is 2. The maximum absolute atomic E-state index is 5.86. The van der Waals surface area contributed by atoms with Crippen molar-refractivity contribution in [3.8, 4) is 5.75 Å². The zero-order chi connectivity index (χ0) is 15.2. The van der Waals surface area contributed by atoms with Gasteiger partial charge in [0, 0.05) is 16.8 Å². The van der Waals surface area contributed by atoms with Crippen molar-refractivity contribution in [2.24, 2.45) is 10.7 Å². The second kappa shape index (κ2) is 8.94. The molecule has 0 bridgehead atoms. The molecule has 22 heavy (non-hydrogen) atoms. The molecule has 0 spiro atoms. The molecule has 0 radical (unpaired) electrons. The van der Waals surface area contributed by atoms with Crippen LogP contribution < -0.4 is 15.8 Å². The quantitative estimate of drug-likeness (QED) is 0.429. The Labute approximate surface area is 152 Å². The van der Waals surface area contributed by atoms with Crippen molar-refractivity contribution >= 4 is 47.0 Å². The Bertz CT molecular complexity index is 610. The monoisotopic (exact) mass is 432 g/mol. The molecule has 2 aromatic rings. The fourth-order valence-electron chi connectivity index (χ4n) is 1.70. The van der Waals surface area contributed by atoms with E-state index in [0.717, 1.165) is 22.1 Å². The number of nitrogens with two attached hydrogens (primary N) is 1. The van der Waals surface area contributed by atoms with Crippen LogP contribution in [0.2, 0.25) is 0 Å². The molecule has 0 aliphatic carbocycles. The molecule has 1 aromatic carbocycles. The first kappa shape index (κ1) is 18.7. The van der Waals surface area contributed by atoms with Crippen molar-refractivity contribution in [3.05, 3.63) is 40.3 Å². The summed E-state index contributed by atoms with van der Waals surface area (Å²) in [4.78, 5) is 8.61. The van der Waals surface area contributed by atoms with Crippen LogP contribution in [0.5, 0.6) is 5.75 Å². The van der Waals surface area contributed by atoms with Crippen LogP contribution >= 0.6 is 35.3 Å². The lowest BCUT2D eigenvalue weighted by atomic mass is 10.3.